The van der Waals surface area contributed by atoms with Crippen LogP contribution in [-0.4, -0.2) is 38.3 Å². The van der Waals surface area contributed by atoms with Crippen LogP contribution in [0.1, 0.15) is 17.5 Å². The van der Waals surface area contributed by atoms with E-state index in [9.17, 15) is 4.79 Å². The Morgan fingerprint density at radius 1 is 1.12 bits per heavy atom. The van der Waals surface area contributed by atoms with E-state index in [0.29, 0.717) is 26.2 Å². The lowest BCUT2D eigenvalue weighted by Crippen LogP contribution is -2.44. The fraction of sp³-hybridized carbons (Fsp3) is 0.381. The molecule has 3 rings (SSSR count). The van der Waals surface area contributed by atoms with E-state index in [2.05, 4.69) is 10.6 Å². The largest absolute Gasteiger partial charge is 0.489 e. The summed E-state index contributed by atoms with van der Waals surface area (Å²) in [5.41, 5.74) is 2.33. The van der Waals surface area contributed by atoms with Crippen LogP contribution in [0, 0.1) is 0 Å². The maximum atomic E-state index is 11.9. The molecule has 1 aliphatic heterocycles. The van der Waals surface area contributed by atoms with Crippen molar-refractivity contribution >= 4 is 5.91 Å². The van der Waals surface area contributed by atoms with Crippen molar-refractivity contribution in [2.24, 2.45) is 0 Å². The summed E-state index contributed by atoms with van der Waals surface area (Å²) >= 11 is 0. The van der Waals surface area contributed by atoms with Crippen molar-refractivity contribution < 1.29 is 14.3 Å². The first-order valence-electron chi connectivity index (χ1n) is 9.13. The molecule has 1 aliphatic rings. The Hall–Kier alpha value is -2.37. The topological polar surface area (TPSA) is 59.6 Å². The number of morpholine rings is 1. The number of hydrogen-bond donors (Lipinski definition) is 2. The van der Waals surface area contributed by atoms with E-state index >= 15 is 0 Å². The minimum Gasteiger partial charge on any atom is -0.489 e. The zero-order chi connectivity index (χ0) is 18.0. The molecule has 26 heavy (non-hydrogen) atoms. The molecule has 0 spiro atoms. The Bertz CT molecular complexity index is 667. The molecule has 138 valence electrons. The molecular weight excluding hydrogens is 328 g/mol. The van der Waals surface area contributed by atoms with Crippen LogP contribution in [0.25, 0.3) is 0 Å². The van der Waals surface area contributed by atoms with Gasteiger partial charge in [0.2, 0.25) is 5.91 Å². The molecule has 0 bridgehead atoms. The highest BCUT2D eigenvalue weighted by Crippen LogP contribution is 2.14. The molecule has 1 fully saturated rings. The molecule has 0 aromatic heterocycles. The third kappa shape index (κ3) is 6.17. The van der Waals surface area contributed by atoms with Gasteiger partial charge in [-0.1, -0.05) is 42.5 Å². The number of amides is 1. The lowest BCUT2D eigenvalue weighted by atomic mass is 10.1. The molecule has 1 saturated heterocycles. The van der Waals surface area contributed by atoms with Crippen LogP contribution in [0.2, 0.25) is 0 Å². The second-order valence-corrected chi connectivity index (χ2v) is 6.45. The van der Waals surface area contributed by atoms with Gasteiger partial charge in [-0.15, -0.1) is 0 Å². The minimum atomic E-state index is 0.0656. The van der Waals surface area contributed by atoms with Crippen LogP contribution in [0.15, 0.2) is 54.6 Å². The zero-order valence-corrected chi connectivity index (χ0v) is 14.9. The van der Waals surface area contributed by atoms with E-state index in [0.717, 1.165) is 30.9 Å². The number of hydrogen-bond acceptors (Lipinski definition) is 4. The molecular formula is C21H26N2O3. The number of rotatable bonds is 8. The molecule has 2 aromatic carbocycles. The Morgan fingerprint density at radius 3 is 2.65 bits per heavy atom. The van der Waals surface area contributed by atoms with Crippen molar-refractivity contribution in [2.75, 3.05) is 26.3 Å². The quantitative estimate of drug-likeness (QED) is 0.764. The summed E-state index contributed by atoms with van der Waals surface area (Å²) in [4.78, 5) is 11.9. The number of ether oxygens (including phenoxy) is 2. The van der Waals surface area contributed by atoms with Crippen molar-refractivity contribution in [2.45, 2.75) is 25.5 Å². The Labute approximate surface area is 154 Å². The van der Waals surface area contributed by atoms with E-state index in [1.807, 2.05) is 54.6 Å². The summed E-state index contributed by atoms with van der Waals surface area (Å²) in [5, 5.41) is 6.26. The molecule has 1 heterocycles. The van der Waals surface area contributed by atoms with Crippen LogP contribution in [0.3, 0.4) is 0 Å². The van der Waals surface area contributed by atoms with Gasteiger partial charge >= 0.3 is 0 Å². The normalized spacial score (nSPS) is 16.8. The Balaban J connectivity index is 1.35. The predicted octanol–water partition coefficient (Wildman–Crippen LogP) is 2.30. The molecule has 5 heteroatoms. The minimum absolute atomic E-state index is 0.0656. The first-order valence-corrected chi connectivity index (χ1v) is 9.13. The van der Waals surface area contributed by atoms with E-state index in [4.69, 9.17) is 9.47 Å². The molecule has 1 unspecified atom stereocenters. The van der Waals surface area contributed by atoms with Gasteiger partial charge in [-0.2, -0.15) is 0 Å². The van der Waals surface area contributed by atoms with E-state index in [1.165, 1.54) is 5.56 Å². The van der Waals surface area contributed by atoms with Crippen LogP contribution >= 0.6 is 0 Å². The van der Waals surface area contributed by atoms with E-state index in [-0.39, 0.29) is 11.9 Å². The van der Waals surface area contributed by atoms with Gasteiger partial charge < -0.3 is 20.1 Å². The van der Waals surface area contributed by atoms with Gasteiger partial charge in [0.15, 0.2) is 0 Å². The standard InChI is InChI=1S/C21H26N2O3/c24-21(14-19-16-25-13-12-22-19)23-11-10-17-6-8-20(9-7-17)26-15-18-4-2-1-3-5-18/h1-9,19,22H,10-16H2,(H,23,24). The van der Waals surface area contributed by atoms with Crippen molar-refractivity contribution in [3.05, 3.63) is 65.7 Å². The van der Waals surface area contributed by atoms with Gasteiger partial charge in [0.1, 0.15) is 12.4 Å². The van der Waals surface area contributed by atoms with Crippen LogP contribution in [0.5, 0.6) is 5.75 Å². The monoisotopic (exact) mass is 354 g/mol. The molecule has 5 nitrogen and oxygen atoms in total. The van der Waals surface area contributed by atoms with Crippen molar-refractivity contribution in [1.29, 1.82) is 0 Å². The SMILES string of the molecule is O=C(CC1COCCN1)NCCc1ccc(OCc2ccccc2)cc1. The summed E-state index contributed by atoms with van der Waals surface area (Å²) < 4.78 is 11.1. The van der Waals surface area contributed by atoms with Crippen molar-refractivity contribution in [3.8, 4) is 5.75 Å². The molecule has 1 atom stereocenters. The second kappa shape index (κ2) is 9.94. The lowest BCUT2D eigenvalue weighted by molar-refractivity contribution is -0.122. The average molecular weight is 354 g/mol. The lowest BCUT2D eigenvalue weighted by Gasteiger charge is -2.23. The summed E-state index contributed by atoms with van der Waals surface area (Å²) in [6.07, 6.45) is 1.27. The smallest absolute Gasteiger partial charge is 0.221 e. The predicted molar refractivity (Wildman–Crippen MR) is 101 cm³/mol. The van der Waals surface area contributed by atoms with Crippen molar-refractivity contribution in [3.63, 3.8) is 0 Å². The summed E-state index contributed by atoms with van der Waals surface area (Å²) in [6, 6.07) is 18.3. The number of benzene rings is 2. The first kappa shape index (κ1) is 18.4. The highest BCUT2D eigenvalue weighted by atomic mass is 16.5. The van der Waals surface area contributed by atoms with Crippen LogP contribution < -0.4 is 15.4 Å². The number of carbonyl (C=O) groups is 1. The third-order valence-electron chi connectivity index (χ3n) is 4.34. The number of nitrogens with one attached hydrogen (secondary N) is 2. The maximum Gasteiger partial charge on any atom is 0.221 e. The molecule has 1 amide bonds. The van der Waals surface area contributed by atoms with Gasteiger partial charge in [0, 0.05) is 25.6 Å². The van der Waals surface area contributed by atoms with E-state index in [1.54, 1.807) is 0 Å². The van der Waals surface area contributed by atoms with Gasteiger partial charge in [0.05, 0.1) is 13.2 Å². The molecule has 2 aromatic rings. The highest BCUT2D eigenvalue weighted by molar-refractivity contribution is 5.76. The Kier molecular flexibility index (Phi) is 7.05. The second-order valence-electron chi connectivity index (χ2n) is 6.45. The van der Waals surface area contributed by atoms with Gasteiger partial charge in [-0.05, 0) is 29.7 Å². The maximum absolute atomic E-state index is 11.9. The van der Waals surface area contributed by atoms with E-state index < -0.39 is 0 Å². The molecule has 2 N–H and O–H groups in total. The van der Waals surface area contributed by atoms with Crippen LogP contribution in [-0.2, 0) is 22.6 Å². The molecule has 0 aliphatic carbocycles. The Morgan fingerprint density at radius 2 is 1.92 bits per heavy atom. The molecule has 0 saturated carbocycles. The van der Waals surface area contributed by atoms with Crippen molar-refractivity contribution in [1.82, 2.24) is 10.6 Å². The zero-order valence-electron chi connectivity index (χ0n) is 14.9. The summed E-state index contributed by atoms with van der Waals surface area (Å²) in [5.74, 6) is 0.917. The fourth-order valence-corrected chi connectivity index (χ4v) is 2.89. The number of carbonyl (C=O) groups excluding carboxylic acids is 1. The summed E-state index contributed by atoms with van der Waals surface area (Å²) in [7, 11) is 0. The molecule has 0 radical (unpaired) electrons. The average Bonchev–Trinajstić information content (AvgIpc) is 2.69. The fourth-order valence-electron chi connectivity index (χ4n) is 2.89. The van der Waals surface area contributed by atoms with Gasteiger partial charge in [-0.25, -0.2) is 0 Å². The summed E-state index contributed by atoms with van der Waals surface area (Å²) in [6.45, 7) is 3.35. The van der Waals surface area contributed by atoms with Gasteiger partial charge in [-0.3, -0.25) is 4.79 Å². The first-order chi connectivity index (χ1) is 12.8. The highest BCUT2D eigenvalue weighted by Gasteiger charge is 2.16. The van der Waals surface area contributed by atoms with Gasteiger partial charge in [0.25, 0.3) is 0 Å². The third-order valence-corrected chi connectivity index (χ3v) is 4.34. The van der Waals surface area contributed by atoms with Crippen LogP contribution in [0.4, 0.5) is 0 Å².